The van der Waals surface area contributed by atoms with E-state index in [1.165, 1.54) is 0 Å². The van der Waals surface area contributed by atoms with Gasteiger partial charge in [-0.2, -0.15) is 0 Å². The molecule has 0 saturated heterocycles. The lowest BCUT2D eigenvalue weighted by atomic mass is 9.73. The van der Waals surface area contributed by atoms with Gasteiger partial charge in [-0.3, -0.25) is 9.59 Å². The number of fused-ring (bicyclic) bond motifs is 3. The molecule has 0 heterocycles. The van der Waals surface area contributed by atoms with Crippen molar-refractivity contribution in [2.45, 2.75) is 64.0 Å². The molecule has 4 atom stereocenters. The van der Waals surface area contributed by atoms with Crippen LogP contribution >= 0.6 is 0 Å². The van der Waals surface area contributed by atoms with Crippen LogP contribution in [0.3, 0.4) is 0 Å². The highest BCUT2D eigenvalue weighted by Crippen LogP contribution is 2.44. The third-order valence-electron chi connectivity index (χ3n) is 7.77. The number of carbonyl (C=O) groups excluding carboxylic acids is 2. The quantitative estimate of drug-likeness (QED) is 0.535. The molecule has 7 heteroatoms. The van der Waals surface area contributed by atoms with E-state index in [9.17, 15) is 19.5 Å². The molecule has 186 valence electrons. The van der Waals surface area contributed by atoms with Crippen LogP contribution in [0.2, 0.25) is 0 Å². The second-order valence-corrected chi connectivity index (χ2v) is 10.1. The fourth-order valence-corrected chi connectivity index (χ4v) is 5.45. The van der Waals surface area contributed by atoms with E-state index in [0.717, 1.165) is 35.1 Å². The number of benzene rings is 2. The number of nitrogens with one attached hydrogen (secondary N) is 2. The van der Waals surface area contributed by atoms with E-state index in [0.29, 0.717) is 12.8 Å². The number of hydrogen-bond donors (Lipinski definition) is 3. The molecule has 2 aliphatic rings. The van der Waals surface area contributed by atoms with Crippen LogP contribution in [-0.4, -0.2) is 41.3 Å². The van der Waals surface area contributed by atoms with E-state index in [1.54, 1.807) is 20.8 Å². The summed E-state index contributed by atoms with van der Waals surface area (Å²) in [7, 11) is 0. The Morgan fingerprint density at radius 2 is 1.63 bits per heavy atom. The fourth-order valence-electron chi connectivity index (χ4n) is 5.45. The number of rotatable bonds is 7. The molecule has 2 aromatic rings. The standard InChI is InChI=1S/C28H34N2O5/c1-17(25(31)30-28(3)15-9-8-14-24(28)26(32)33)18(2)29-27(34)35-16-23-21-12-6-4-10-19(21)20-11-5-7-13-22(20)23/h4-7,10-13,17-18,23-24H,8-9,14-16H2,1-3H3,(H,29,34)(H,30,31)(H,32,33). The lowest BCUT2D eigenvalue weighted by molar-refractivity contribution is -0.147. The maximum absolute atomic E-state index is 13.0. The molecule has 0 aromatic heterocycles. The van der Waals surface area contributed by atoms with Gasteiger partial charge in [0.05, 0.1) is 17.4 Å². The minimum Gasteiger partial charge on any atom is -0.481 e. The number of carbonyl (C=O) groups is 3. The summed E-state index contributed by atoms with van der Waals surface area (Å²) in [5.41, 5.74) is 3.80. The van der Waals surface area contributed by atoms with Gasteiger partial charge < -0.3 is 20.5 Å². The Morgan fingerprint density at radius 1 is 1.03 bits per heavy atom. The molecule has 4 unspecified atom stereocenters. The van der Waals surface area contributed by atoms with Crippen molar-refractivity contribution in [1.29, 1.82) is 0 Å². The maximum Gasteiger partial charge on any atom is 0.407 e. The van der Waals surface area contributed by atoms with Crippen molar-refractivity contribution in [2.24, 2.45) is 11.8 Å². The summed E-state index contributed by atoms with van der Waals surface area (Å²) >= 11 is 0. The highest BCUT2D eigenvalue weighted by Gasteiger charge is 2.43. The zero-order valence-electron chi connectivity index (χ0n) is 20.5. The summed E-state index contributed by atoms with van der Waals surface area (Å²) in [6.45, 7) is 5.49. The van der Waals surface area contributed by atoms with Gasteiger partial charge >= 0.3 is 12.1 Å². The smallest absolute Gasteiger partial charge is 0.407 e. The van der Waals surface area contributed by atoms with Gasteiger partial charge in [0.2, 0.25) is 5.91 Å². The Hall–Kier alpha value is -3.35. The van der Waals surface area contributed by atoms with Gasteiger partial charge in [-0.15, -0.1) is 0 Å². The second kappa shape index (κ2) is 10.1. The van der Waals surface area contributed by atoms with E-state index >= 15 is 0 Å². The zero-order valence-corrected chi connectivity index (χ0v) is 20.5. The number of alkyl carbamates (subject to hydrolysis) is 1. The Bertz CT molecular complexity index is 1070. The van der Waals surface area contributed by atoms with Crippen molar-refractivity contribution in [3.63, 3.8) is 0 Å². The average molecular weight is 479 g/mol. The number of aliphatic carboxylic acids is 1. The molecule has 0 spiro atoms. The van der Waals surface area contributed by atoms with Crippen molar-refractivity contribution >= 4 is 18.0 Å². The third kappa shape index (κ3) is 5.04. The van der Waals surface area contributed by atoms with Crippen molar-refractivity contribution in [3.05, 3.63) is 59.7 Å². The van der Waals surface area contributed by atoms with Crippen LogP contribution in [0.4, 0.5) is 4.79 Å². The lowest BCUT2D eigenvalue weighted by Crippen LogP contribution is -2.58. The van der Waals surface area contributed by atoms with E-state index in [2.05, 4.69) is 34.9 Å². The first kappa shape index (κ1) is 24.8. The Labute approximate surface area is 206 Å². The predicted molar refractivity (Wildman–Crippen MR) is 133 cm³/mol. The van der Waals surface area contributed by atoms with E-state index in [-0.39, 0.29) is 18.4 Å². The Morgan fingerprint density at radius 3 is 2.23 bits per heavy atom. The van der Waals surface area contributed by atoms with Crippen LogP contribution in [-0.2, 0) is 14.3 Å². The molecular formula is C28H34N2O5. The van der Waals surface area contributed by atoms with Gasteiger partial charge in [0.25, 0.3) is 0 Å². The number of ether oxygens (including phenoxy) is 1. The molecule has 2 amide bonds. The largest absolute Gasteiger partial charge is 0.481 e. The number of amides is 2. The van der Waals surface area contributed by atoms with E-state index < -0.39 is 35.5 Å². The first-order valence-electron chi connectivity index (χ1n) is 12.4. The van der Waals surface area contributed by atoms with Gasteiger partial charge in [-0.25, -0.2) is 4.79 Å². The summed E-state index contributed by atoms with van der Waals surface area (Å²) in [6, 6.07) is 15.8. The topological polar surface area (TPSA) is 105 Å². The van der Waals surface area contributed by atoms with Gasteiger partial charge in [0.1, 0.15) is 6.61 Å². The average Bonchev–Trinajstić information content (AvgIpc) is 3.15. The van der Waals surface area contributed by atoms with Crippen molar-refractivity contribution in [3.8, 4) is 11.1 Å². The number of carboxylic acid groups (broad SMARTS) is 1. The van der Waals surface area contributed by atoms with Crippen LogP contribution in [0.15, 0.2) is 48.5 Å². The molecular weight excluding hydrogens is 444 g/mol. The normalized spacial score (nSPS) is 22.9. The van der Waals surface area contributed by atoms with E-state index in [1.807, 2.05) is 24.3 Å². The monoisotopic (exact) mass is 478 g/mol. The number of carboxylic acids is 1. The van der Waals surface area contributed by atoms with Crippen LogP contribution in [0.1, 0.15) is 63.5 Å². The summed E-state index contributed by atoms with van der Waals surface area (Å²) in [5, 5.41) is 15.3. The van der Waals surface area contributed by atoms with Gasteiger partial charge in [-0.1, -0.05) is 68.3 Å². The van der Waals surface area contributed by atoms with Crippen molar-refractivity contribution in [1.82, 2.24) is 10.6 Å². The first-order chi connectivity index (χ1) is 16.7. The lowest BCUT2D eigenvalue weighted by Gasteiger charge is -2.40. The van der Waals surface area contributed by atoms with Gasteiger partial charge in [-0.05, 0) is 48.9 Å². The number of hydrogen-bond acceptors (Lipinski definition) is 4. The molecule has 1 saturated carbocycles. The summed E-state index contributed by atoms with van der Waals surface area (Å²) < 4.78 is 5.60. The molecule has 4 rings (SSSR count). The molecule has 3 N–H and O–H groups in total. The Balaban J connectivity index is 1.34. The molecule has 35 heavy (non-hydrogen) atoms. The third-order valence-corrected chi connectivity index (χ3v) is 7.77. The molecule has 0 radical (unpaired) electrons. The molecule has 0 aliphatic heterocycles. The molecule has 1 fully saturated rings. The minimum absolute atomic E-state index is 0.0385. The second-order valence-electron chi connectivity index (χ2n) is 10.1. The zero-order chi connectivity index (χ0) is 25.2. The van der Waals surface area contributed by atoms with Gasteiger partial charge in [0.15, 0.2) is 0 Å². The Kier molecular flexibility index (Phi) is 7.15. The summed E-state index contributed by atoms with van der Waals surface area (Å²) in [6.07, 6.45) is 2.32. The van der Waals surface area contributed by atoms with Crippen LogP contribution in [0.5, 0.6) is 0 Å². The molecule has 0 bridgehead atoms. The van der Waals surface area contributed by atoms with Gasteiger partial charge in [0, 0.05) is 12.0 Å². The first-order valence-corrected chi connectivity index (χ1v) is 12.4. The van der Waals surface area contributed by atoms with Crippen LogP contribution in [0.25, 0.3) is 11.1 Å². The van der Waals surface area contributed by atoms with Crippen molar-refractivity contribution in [2.75, 3.05) is 6.61 Å². The molecule has 7 nitrogen and oxygen atoms in total. The highest BCUT2D eigenvalue weighted by molar-refractivity contribution is 5.82. The highest BCUT2D eigenvalue weighted by atomic mass is 16.5. The maximum atomic E-state index is 13.0. The molecule has 2 aromatic carbocycles. The summed E-state index contributed by atoms with van der Waals surface area (Å²) in [5.74, 6) is -2.36. The minimum atomic E-state index is -0.884. The predicted octanol–water partition coefficient (Wildman–Crippen LogP) is 4.70. The fraction of sp³-hybridized carbons (Fsp3) is 0.464. The molecule has 2 aliphatic carbocycles. The van der Waals surface area contributed by atoms with Crippen LogP contribution in [0, 0.1) is 11.8 Å². The van der Waals surface area contributed by atoms with Crippen LogP contribution < -0.4 is 10.6 Å². The SMILES string of the molecule is CC(NC(=O)OCC1c2ccccc2-c2ccccc21)C(C)C(=O)NC1(C)CCCCC1C(=O)O. The summed E-state index contributed by atoms with van der Waals surface area (Å²) in [4.78, 5) is 37.3. The van der Waals surface area contributed by atoms with E-state index in [4.69, 9.17) is 4.74 Å². The van der Waals surface area contributed by atoms with Crippen molar-refractivity contribution < 1.29 is 24.2 Å².